The van der Waals surface area contributed by atoms with E-state index in [1.165, 1.54) is 22.4 Å². The van der Waals surface area contributed by atoms with Crippen LogP contribution in [-0.2, 0) is 11.3 Å². The first-order valence-electron chi connectivity index (χ1n) is 9.20. The molecule has 2 heterocycles. The second-order valence-corrected chi connectivity index (χ2v) is 7.71. The molecule has 0 spiro atoms. The highest BCUT2D eigenvalue weighted by atomic mass is 32.1. The summed E-state index contributed by atoms with van der Waals surface area (Å²) < 4.78 is 1.17. The van der Waals surface area contributed by atoms with Gasteiger partial charge in [0.05, 0.1) is 6.04 Å². The van der Waals surface area contributed by atoms with Gasteiger partial charge in [0.15, 0.2) is 0 Å². The smallest absolute Gasteiger partial charge is 0.328 e. The molecule has 0 saturated heterocycles. The highest BCUT2D eigenvalue weighted by Gasteiger charge is 2.19. The molecular formula is C21H23N3O3S. The molecule has 3 rings (SSSR count). The molecule has 6 nitrogen and oxygen atoms in total. The van der Waals surface area contributed by atoms with Crippen molar-refractivity contribution in [2.24, 2.45) is 0 Å². The zero-order valence-corrected chi connectivity index (χ0v) is 16.7. The molecule has 2 atom stereocenters. The Labute approximate surface area is 166 Å². The number of rotatable bonds is 7. The van der Waals surface area contributed by atoms with Gasteiger partial charge in [-0.05, 0) is 34.9 Å². The van der Waals surface area contributed by atoms with Crippen LogP contribution in [0.2, 0.25) is 0 Å². The normalized spacial score (nSPS) is 13.1. The van der Waals surface area contributed by atoms with Gasteiger partial charge in [-0.2, -0.15) is 0 Å². The number of amides is 1. The van der Waals surface area contributed by atoms with Crippen LogP contribution < -0.4 is 16.6 Å². The third-order valence-corrected chi connectivity index (χ3v) is 5.73. The van der Waals surface area contributed by atoms with Crippen molar-refractivity contribution >= 4 is 17.2 Å². The summed E-state index contributed by atoms with van der Waals surface area (Å²) in [6, 6.07) is 13.1. The highest BCUT2D eigenvalue weighted by molar-refractivity contribution is 7.10. The molecule has 0 aliphatic heterocycles. The zero-order chi connectivity index (χ0) is 20.1. The Morgan fingerprint density at radius 1 is 1.14 bits per heavy atom. The lowest BCUT2D eigenvalue weighted by atomic mass is 9.95. The predicted molar refractivity (Wildman–Crippen MR) is 111 cm³/mol. The number of benzene rings is 1. The summed E-state index contributed by atoms with van der Waals surface area (Å²) in [7, 11) is 0. The van der Waals surface area contributed by atoms with E-state index in [9.17, 15) is 14.4 Å². The lowest BCUT2D eigenvalue weighted by Crippen LogP contribution is -2.37. The number of aromatic amines is 1. The van der Waals surface area contributed by atoms with Gasteiger partial charge in [-0.1, -0.05) is 44.2 Å². The minimum Gasteiger partial charge on any atom is -0.343 e. The summed E-state index contributed by atoms with van der Waals surface area (Å²) in [4.78, 5) is 38.8. The molecule has 0 aliphatic carbocycles. The Hall–Kier alpha value is -2.93. The standard InChI is InChI=1S/C21H23N3O3S/c1-3-14(2)15-6-8-16(9-7-15)20(17-5-4-12-28-17)22-19(26)13-24-11-10-18(25)23-21(24)27/h4-12,14,20H,3,13H2,1-2H3,(H,22,26)(H,23,25,27). The number of nitrogens with zero attached hydrogens (tertiary/aromatic N) is 1. The molecule has 1 amide bonds. The van der Waals surface area contributed by atoms with E-state index >= 15 is 0 Å². The lowest BCUT2D eigenvalue weighted by Gasteiger charge is -2.19. The van der Waals surface area contributed by atoms with E-state index < -0.39 is 11.2 Å². The second kappa shape index (κ2) is 8.84. The van der Waals surface area contributed by atoms with Crippen LogP contribution in [0.15, 0.2) is 63.6 Å². The van der Waals surface area contributed by atoms with Gasteiger partial charge in [-0.25, -0.2) is 4.79 Å². The lowest BCUT2D eigenvalue weighted by molar-refractivity contribution is -0.122. The van der Waals surface area contributed by atoms with E-state index in [4.69, 9.17) is 0 Å². The Balaban J connectivity index is 1.82. The summed E-state index contributed by atoms with van der Waals surface area (Å²) in [6.45, 7) is 4.18. The maximum absolute atomic E-state index is 12.6. The van der Waals surface area contributed by atoms with E-state index in [0.29, 0.717) is 5.92 Å². The minimum atomic E-state index is -0.603. The van der Waals surface area contributed by atoms with Gasteiger partial charge in [0, 0.05) is 17.1 Å². The van der Waals surface area contributed by atoms with Crippen LogP contribution in [0.4, 0.5) is 0 Å². The number of H-pyrrole nitrogens is 1. The number of thiophene rings is 1. The summed E-state index contributed by atoms with van der Waals surface area (Å²) in [5, 5.41) is 4.98. The van der Waals surface area contributed by atoms with Crippen molar-refractivity contribution in [1.82, 2.24) is 14.9 Å². The van der Waals surface area contributed by atoms with Gasteiger partial charge in [0.1, 0.15) is 6.54 Å². The number of nitrogens with one attached hydrogen (secondary N) is 2. The van der Waals surface area contributed by atoms with Gasteiger partial charge in [0.2, 0.25) is 5.91 Å². The third-order valence-electron chi connectivity index (χ3n) is 4.80. The number of hydrogen-bond donors (Lipinski definition) is 2. The molecular weight excluding hydrogens is 374 g/mol. The first-order chi connectivity index (χ1) is 13.5. The second-order valence-electron chi connectivity index (χ2n) is 6.73. The fourth-order valence-electron chi connectivity index (χ4n) is 2.96. The van der Waals surface area contributed by atoms with Crippen LogP contribution in [-0.4, -0.2) is 15.5 Å². The number of hydrogen-bond acceptors (Lipinski definition) is 4. The number of aromatic nitrogens is 2. The van der Waals surface area contributed by atoms with Crippen molar-refractivity contribution in [1.29, 1.82) is 0 Å². The monoisotopic (exact) mass is 397 g/mol. The van der Waals surface area contributed by atoms with Crippen LogP contribution in [0.25, 0.3) is 0 Å². The SMILES string of the molecule is CCC(C)c1ccc(C(NC(=O)Cn2ccc(=O)[nH]c2=O)c2cccs2)cc1. The Bertz CT molecular complexity index is 1040. The average Bonchev–Trinajstić information content (AvgIpc) is 3.22. The molecule has 3 aromatic rings. The van der Waals surface area contributed by atoms with E-state index in [1.54, 1.807) is 11.3 Å². The van der Waals surface area contributed by atoms with E-state index in [0.717, 1.165) is 16.9 Å². The molecule has 146 valence electrons. The molecule has 0 bridgehead atoms. The fourth-order valence-corrected chi connectivity index (χ4v) is 3.76. The van der Waals surface area contributed by atoms with Gasteiger partial charge in [-0.15, -0.1) is 11.3 Å². The largest absolute Gasteiger partial charge is 0.343 e. The Kier molecular flexibility index (Phi) is 6.26. The molecule has 0 aliphatic rings. The van der Waals surface area contributed by atoms with Crippen molar-refractivity contribution < 1.29 is 4.79 Å². The first kappa shape index (κ1) is 19.8. The van der Waals surface area contributed by atoms with Gasteiger partial charge < -0.3 is 5.32 Å². The summed E-state index contributed by atoms with van der Waals surface area (Å²) in [5.41, 5.74) is 1.16. The molecule has 28 heavy (non-hydrogen) atoms. The summed E-state index contributed by atoms with van der Waals surface area (Å²) in [5.74, 6) is 0.175. The van der Waals surface area contributed by atoms with Crippen LogP contribution >= 0.6 is 11.3 Å². The Morgan fingerprint density at radius 2 is 1.86 bits per heavy atom. The van der Waals surface area contributed by atoms with Crippen molar-refractivity contribution in [2.45, 2.75) is 38.8 Å². The predicted octanol–water partition coefficient (Wildman–Crippen LogP) is 3.02. The van der Waals surface area contributed by atoms with Crippen molar-refractivity contribution in [2.75, 3.05) is 0 Å². The molecule has 1 aromatic carbocycles. The van der Waals surface area contributed by atoms with Crippen molar-refractivity contribution in [3.8, 4) is 0 Å². The summed E-state index contributed by atoms with van der Waals surface area (Å²) in [6.07, 6.45) is 2.39. The van der Waals surface area contributed by atoms with Crippen LogP contribution in [0, 0.1) is 0 Å². The molecule has 2 aromatic heterocycles. The van der Waals surface area contributed by atoms with E-state index in [-0.39, 0.29) is 18.5 Å². The summed E-state index contributed by atoms with van der Waals surface area (Å²) >= 11 is 1.56. The maximum atomic E-state index is 12.6. The average molecular weight is 398 g/mol. The zero-order valence-electron chi connectivity index (χ0n) is 15.8. The fraction of sp³-hybridized carbons (Fsp3) is 0.286. The molecule has 0 saturated carbocycles. The molecule has 2 unspecified atom stereocenters. The maximum Gasteiger partial charge on any atom is 0.328 e. The molecule has 7 heteroatoms. The third kappa shape index (κ3) is 4.67. The first-order valence-corrected chi connectivity index (χ1v) is 10.1. The molecule has 2 N–H and O–H groups in total. The van der Waals surface area contributed by atoms with Crippen molar-refractivity contribution in [3.63, 3.8) is 0 Å². The van der Waals surface area contributed by atoms with Gasteiger partial charge in [0.25, 0.3) is 5.56 Å². The van der Waals surface area contributed by atoms with Gasteiger partial charge >= 0.3 is 5.69 Å². The van der Waals surface area contributed by atoms with Crippen molar-refractivity contribution in [3.05, 3.63) is 90.9 Å². The molecule has 0 radical (unpaired) electrons. The Morgan fingerprint density at radius 3 is 2.46 bits per heavy atom. The number of carbonyl (C=O) groups excluding carboxylic acids is 1. The van der Waals surface area contributed by atoms with Crippen LogP contribution in [0.3, 0.4) is 0 Å². The van der Waals surface area contributed by atoms with Crippen LogP contribution in [0.5, 0.6) is 0 Å². The minimum absolute atomic E-state index is 0.164. The molecule has 0 fully saturated rings. The van der Waals surface area contributed by atoms with E-state index in [1.807, 2.05) is 29.6 Å². The number of carbonyl (C=O) groups is 1. The van der Waals surface area contributed by atoms with Gasteiger partial charge in [-0.3, -0.25) is 19.1 Å². The topological polar surface area (TPSA) is 84.0 Å². The van der Waals surface area contributed by atoms with Crippen LogP contribution in [0.1, 0.15) is 48.2 Å². The van der Waals surface area contributed by atoms with E-state index in [2.05, 4.69) is 36.3 Å². The highest BCUT2D eigenvalue weighted by Crippen LogP contribution is 2.28. The quantitative estimate of drug-likeness (QED) is 0.643.